The zero-order chi connectivity index (χ0) is 31.7. The molecule has 0 spiro atoms. The van der Waals surface area contributed by atoms with Crippen molar-refractivity contribution in [2.75, 3.05) is 0 Å². The van der Waals surface area contributed by atoms with Crippen molar-refractivity contribution < 1.29 is 18.0 Å². The van der Waals surface area contributed by atoms with E-state index < -0.39 is 32.6 Å². The van der Waals surface area contributed by atoms with Gasteiger partial charge in [0.1, 0.15) is 0 Å². The summed E-state index contributed by atoms with van der Waals surface area (Å²) in [6, 6.07) is 58.4. The van der Waals surface area contributed by atoms with Crippen molar-refractivity contribution in [1.29, 1.82) is 0 Å². The molecule has 6 heteroatoms. The van der Waals surface area contributed by atoms with E-state index in [-0.39, 0.29) is 0 Å². The molecule has 0 aliphatic rings. The Morgan fingerprint density at radius 2 is 0.500 bits per heavy atom. The molecule has 228 valence electrons. The lowest BCUT2D eigenvalue weighted by Gasteiger charge is -2.39. The molecule has 0 saturated carbocycles. The van der Waals surface area contributed by atoms with Gasteiger partial charge in [-0.15, -0.1) is 0 Å². The minimum absolute atomic E-state index is 0.650. The fourth-order valence-electron chi connectivity index (χ4n) is 5.22. The number of carbonyl (C=O) groups excluding carboxylic acids is 2. The molecule has 0 aliphatic carbocycles. The molecule has 0 unspecified atom stereocenters. The maximum absolute atomic E-state index is 13.8. The SMILES string of the molecule is O=C(/C=C/C(=O)OS(c1ccccc1)(c1ccccc1)c1ccccc1)OS(c1ccccc1)(c1ccccc1)c1ccccc1. The molecule has 46 heavy (non-hydrogen) atoms. The van der Waals surface area contributed by atoms with E-state index in [4.69, 9.17) is 8.37 Å². The van der Waals surface area contributed by atoms with E-state index in [9.17, 15) is 9.59 Å². The molecular weight excluding hydrogens is 609 g/mol. The summed E-state index contributed by atoms with van der Waals surface area (Å²) in [5.74, 6) is -1.30. The van der Waals surface area contributed by atoms with Gasteiger partial charge in [-0.05, 0) is 93.4 Å². The van der Waals surface area contributed by atoms with Gasteiger partial charge in [0.2, 0.25) is 0 Å². The monoisotopic (exact) mass is 640 g/mol. The first-order valence-electron chi connectivity index (χ1n) is 14.7. The predicted molar refractivity (Wildman–Crippen MR) is 185 cm³/mol. The van der Waals surface area contributed by atoms with Crippen molar-refractivity contribution in [2.24, 2.45) is 0 Å². The average Bonchev–Trinajstić information content (AvgIpc) is 3.14. The van der Waals surface area contributed by atoms with Crippen molar-refractivity contribution in [2.45, 2.75) is 29.4 Å². The third-order valence-corrected chi connectivity index (χ3v) is 13.7. The molecule has 0 saturated heterocycles. The van der Waals surface area contributed by atoms with Gasteiger partial charge < -0.3 is 8.37 Å². The Morgan fingerprint density at radius 1 is 0.326 bits per heavy atom. The molecule has 0 bridgehead atoms. The van der Waals surface area contributed by atoms with Gasteiger partial charge in [-0.1, -0.05) is 109 Å². The van der Waals surface area contributed by atoms with E-state index in [2.05, 4.69) is 0 Å². The minimum atomic E-state index is -2.49. The van der Waals surface area contributed by atoms with Gasteiger partial charge in [0, 0.05) is 41.5 Å². The second kappa shape index (κ2) is 14.2. The molecule has 0 radical (unpaired) electrons. The molecule has 6 aromatic rings. The van der Waals surface area contributed by atoms with Crippen LogP contribution in [0, 0.1) is 0 Å². The van der Waals surface area contributed by atoms with E-state index in [0.717, 1.165) is 29.4 Å². The molecule has 0 fully saturated rings. The first kappa shape index (κ1) is 30.7. The summed E-state index contributed by atoms with van der Waals surface area (Å²) >= 11 is 0. The maximum atomic E-state index is 13.8. The standard InChI is InChI=1S/C40H32O4S2/c41-39(43-45(33-19-7-1-8-20-33,34-21-9-2-10-22-34)35-23-11-3-12-24-35)31-32-40(42)44-46(36-25-13-4-14-26-36,37-27-15-5-16-28-37)38-29-17-6-18-30-38/h1-32H/b32-31+. The summed E-state index contributed by atoms with van der Waals surface area (Å²) in [5.41, 5.74) is 0. The topological polar surface area (TPSA) is 52.6 Å². The number of benzene rings is 6. The van der Waals surface area contributed by atoms with Crippen molar-refractivity contribution >= 4 is 32.6 Å². The summed E-state index contributed by atoms with van der Waals surface area (Å²) in [7, 11) is -4.98. The zero-order valence-corrected chi connectivity index (χ0v) is 26.6. The number of hydrogen-bond acceptors (Lipinski definition) is 4. The van der Waals surface area contributed by atoms with Crippen LogP contribution in [0.15, 0.2) is 224 Å². The van der Waals surface area contributed by atoms with Crippen LogP contribution in [0.3, 0.4) is 0 Å². The molecule has 0 N–H and O–H groups in total. The molecule has 0 heterocycles. The van der Waals surface area contributed by atoms with Gasteiger partial charge in [0.25, 0.3) is 0 Å². The second-order valence-electron chi connectivity index (χ2n) is 10.1. The Bertz CT molecular complexity index is 1560. The Balaban J connectivity index is 1.38. The highest BCUT2D eigenvalue weighted by atomic mass is 32.3. The highest BCUT2D eigenvalue weighted by Gasteiger charge is 2.36. The molecule has 0 aliphatic heterocycles. The first-order valence-corrected chi connectivity index (χ1v) is 17.9. The minimum Gasteiger partial charge on any atom is -0.399 e. The Kier molecular flexibility index (Phi) is 9.48. The summed E-state index contributed by atoms with van der Waals surface area (Å²) < 4.78 is 13.0. The molecule has 4 nitrogen and oxygen atoms in total. The van der Waals surface area contributed by atoms with Crippen LogP contribution in [0.4, 0.5) is 0 Å². The third kappa shape index (κ3) is 6.26. The third-order valence-electron chi connectivity index (χ3n) is 7.22. The van der Waals surface area contributed by atoms with E-state index in [1.54, 1.807) is 0 Å². The van der Waals surface area contributed by atoms with E-state index in [0.29, 0.717) is 0 Å². The van der Waals surface area contributed by atoms with E-state index in [1.165, 1.54) is 12.2 Å². The predicted octanol–water partition coefficient (Wildman–Crippen LogP) is 10.4. The average molecular weight is 641 g/mol. The highest BCUT2D eigenvalue weighted by Crippen LogP contribution is 2.70. The van der Waals surface area contributed by atoms with Crippen LogP contribution in [0.1, 0.15) is 0 Å². The van der Waals surface area contributed by atoms with E-state index in [1.807, 2.05) is 182 Å². The quantitative estimate of drug-likeness (QED) is 0.140. The molecule has 6 rings (SSSR count). The Labute approximate surface area is 273 Å². The van der Waals surface area contributed by atoms with Gasteiger partial charge in [-0.2, -0.15) is 0 Å². The van der Waals surface area contributed by atoms with Crippen molar-refractivity contribution in [3.8, 4) is 0 Å². The Morgan fingerprint density at radius 3 is 0.674 bits per heavy atom. The van der Waals surface area contributed by atoms with Crippen molar-refractivity contribution in [1.82, 2.24) is 0 Å². The van der Waals surface area contributed by atoms with Crippen LogP contribution in [-0.4, -0.2) is 11.9 Å². The zero-order valence-electron chi connectivity index (χ0n) is 24.9. The number of carbonyl (C=O) groups is 2. The number of rotatable bonds is 10. The fourth-order valence-corrected chi connectivity index (χ4v) is 11.3. The molecule has 0 aromatic heterocycles. The summed E-state index contributed by atoms with van der Waals surface area (Å²) in [4.78, 5) is 32.7. The second-order valence-corrected chi connectivity index (χ2v) is 15.5. The van der Waals surface area contributed by atoms with Gasteiger partial charge in [0.05, 0.1) is 0 Å². The maximum Gasteiger partial charge on any atom is 0.342 e. The van der Waals surface area contributed by atoms with Crippen LogP contribution in [0.2, 0.25) is 0 Å². The van der Waals surface area contributed by atoms with Crippen molar-refractivity contribution in [3.05, 3.63) is 194 Å². The van der Waals surface area contributed by atoms with Crippen LogP contribution in [-0.2, 0) is 18.0 Å². The van der Waals surface area contributed by atoms with Gasteiger partial charge in [0.15, 0.2) is 0 Å². The molecule has 0 atom stereocenters. The fraction of sp³-hybridized carbons (Fsp3) is 0. The van der Waals surface area contributed by atoms with Gasteiger partial charge in [-0.3, -0.25) is 0 Å². The Hall–Kier alpha value is -5.30. The summed E-state index contributed by atoms with van der Waals surface area (Å²) in [5, 5.41) is 0. The van der Waals surface area contributed by atoms with Crippen LogP contribution in [0.25, 0.3) is 0 Å². The lowest BCUT2D eigenvalue weighted by molar-refractivity contribution is -0.130. The van der Waals surface area contributed by atoms with E-state index >= 15 is 0 Å². The molecule has 0 amide bonds. The lowest BCUT2D eigenvalue weighted by atomic mass is 10.4. The first-order chi connectivity index (χ1) is 22.6. The van der Waals surface area contributed by atoms with Crippen LogP contribution < -0.4 is 0 Å². The van der Waals surface area contributed by atoms with Crippen LogP contribution >= 0.6 is 20.6 Å². The van der Waals surface area contributed by atoms with Gasteiger partial charge >= 0.3 is 11.9 Å². The summed E-state index contributed by atoms with van der Waals surface area (Å²) in [6.45, 7) is 0. The lowest BCUT2D eigenvalue weighted by Crippen LogP contribution is -2.14. The summed E-state index contributed by atoms with van der Waals surface area (Å²) in [6.07, 6.45) is 2.34. The number of hydrogen-bond donors (Lipinski definition) is 0. The molecular formula is C40H32O4S2. The van der Waals surface area contributed by atoms with Gasteiger partial charge in [-0.25, -0.2) is 9.59 Å². The smallest absolute Gasteiger partial charge is 0.342 e. The molecule has 6 aromatic carbocycles. The normalized spacial score (nSPS) is 12.3. The largest absolute Gasteiger partial charge is 0.399 e. The highest BCUT2D eigenvalue weighted by molar-refractivity contribution is 8.30. The van der Waals surface area contributed by atoms with Crippen molar-refractivity contribution in [3.63, 3.8) is 0 Å². The van der Waals surface area contributed by atoms with Crippen LogP contribution in [0.5, 0.6) is 0 Å².